The van der Waals surface area contributed by atoms with Crippen LogP contribution in [-0.4, -0.2) is 20.9 Å². The van der Waals surface area contributed by atoms with Crippen LogP contribution in [0, 0.1) is 0 Å². The van der Waals surface area contributed by atoms with E-state index in [1.54, 1.807) is 16.8 Å². The Morgan fingerprint density at radius 1 is 1.33 bits per heavy atom. The van der Waals surface area contributed by atoms with Crippen molar-refractivity contribution in [2.24, 2.45) is 0 Å². The third-order valence-electron chi connectivity index (χ3n) is 2.65. The van der Waals surface area contributed by atoms with Gasteiger partial charge in [-0.1, -0.05) is 25.4 Å². The topological polar surface area (TPSA) is 55.1 Å². The van der Waals surface area contributed by atoms with E-state index in [2.05, 4.69) is 5.10 Å². The average molecular weight is 265 g/mol. The van der Waals surface area contributed by atoms with E-state index in [1.807, 2.05) is 26.0 Å². The Hall–Kier alpha value is -1.81. The molecule has 0 saturated carbocycles. The molecule has 0 aliphatic rings. The van der Waals surface area contributed by atoms with Gasteiger partial charge >= 0.3 is 5.97 Å². The summed E-state index contributed by atoms with van der Waals surface area (Å²) in [4.78, 5) is 11.2. The highest BCUT2D eigenvalue weighted by Crippen LogP contribution is 2.23. The van der Waals surface area contributed by atoms with Crippen molar-refractivity contribution in [3.8, 4) is 5.69 Å². The highest BCUT2D eigenvalue weighted by molar-refractivity contribution is 6.30. The van der Waals surface area contributed by atoms with Gasteiger partial charge in [0.05, 0.1) is 17.6 Å². The largest absolute Gasteiger partial charge is 0.478 e. The van der Waals surface area contributed by atoms with E-state index in [1.165, 1.54) is 6.20 Å². The molecule has 0 saturated heterocycles. The van der Waals surface area contributed by atoms with E-state index in [0.717, 1.165) is 5.69 Å². The quantitative estimate of drug-likeness (QED) is 0.925. The minimum absolute atomic E-state index is 0.0641. The van der Waals surface area contributed by atoms with Crippen LogP contribution in [0.4, 0.5) is 0 Å². The lowest BCUT2D eigenvalue weighted by Gasteiger charge is -2.11. The first-order valence-electron chi connectivity index (χ1n) is 5.58. The molecule has 1 aromatic carbocycles. The Balaban J connectivity index is 2.57. The maximum Gasteiger partial charge on any atom is 0.339 e. The summed E-state index contributed by atoms with van der Waals surface area (Å²) >= 11 is 5.83. The second-order valence-electron chi connectivity index (χ2n) is 4.29. The molecule has 1 aromatic heterocycles. The molecule has 0 aliphatic heterocycles. The number of carbonyl (C=O) groups is 1. The van der Waals surface area contributed by atoms with Gasteiger partial charge in [0.2, 0.25) is 0 Å². The molecular weight excluding hydrogens is 252 g/mol. The van der Waals surface area contributed by atoms with Crippen molar-refractivity contribution >= 4 is 17.6 Å². The molecule has 0 aliphatic carbocycles. The fourth-order valence-electron chi connectivity index (χ4n) is 1.87. The fourth-order valence-corrected chi connectivity index (χ4v) is 1.99. The standard InChI is InChI=1S/C13H13ClN2O2/c1-8(2)12-11(13(17)18)7-15-16(12)10-5-3-9(14)4-6-10/h3-8H,1-2H3,(H,17,18). The monoisotopic (exact) mass is 264 g/mol. The van der Waals surface area contributed by atoms with Crippen molar-refractivity contribution in [1.82, 2.24) is 9.78 Å². The molecule has 0 unspecified atom stereocenters. The third-order valence-corrected chi connectivity index (χ3v) is 2.91. The van der Waals surface area contributed by atoms with Crippen LogP contribution in [0.2, 0.25) is 5.02 Å². The van der Waals surface area contributed by atoms with Gasteiger partial charge in [0.1, 0.15) is 5.56 Å². The van der Waals surface area contributed by atoms with Crippen molar-refractivity contribution in [1.29, 1.82) is 0 Å². The van der Waals surface area contributed by atoms with Crippen LogP contribution in [0.15, 0.2) is 30.5 Å². The van der Waals surface area contributed by atoms with E-state index in [4.69, 9.17) is 16.7 Å². The molecule has 2 rings (SSSR count). The van der Waals surface area contributed by atoms with Crippen LogP contribution in [0.25, 0.3) is 5.69 Å². The summed E-state index contributed by atoms with van der Waals surface area (Å²) < 4.78 is 1.64. The maximum atomic E-state index is 11.2. The number of halogens is 1. The predicted octanol–water partition coefficient (Wildman–Crippen LogP) is 3.35. The molecule has 2 aromatic rings. The first-order chi connectivity index (χ1) is 8.50. The molecule has 0 fully saturated rings. The zero-order valence-corrected chi connectivity index (χ0v) is 10.8. The van der Waals surface area contributed by atoms with Crippen LogP contribution in [0.3, 0.4) is 0 Å². The van der Waals surface area contributed by atoms with Crippen LogP contribution in [-0.2, 0) is 0 Å². The molecular formula is C13H13ClN2O2. The van der Waals surface area contributed by atoms with Gasteiger partial charge in [-0.05, 0) is 30.2 Å². The Morgan fingerprint density at radius 2 is 1.94 bits per heavy atom. The summed E-state index contributed by atoms with van der Waals surface area (Å²) in [6.45, 7) is 3.88. The van der Waals surface area contributed by atoms with Crippen molar-refractivity contribution in [2.45, 2.75) is 19.8 Å². The Bertz CT molecular complexity index is 573. The van der Waals surface area contributed by atoms with Gasteiger partial charge in [-0.25, -0.2) is 9.48 Å². The first kappa shape index (κ1) is 12.6. The van der Waals surface area contributed by atoms with Crippen LogP contribution in [0.1, 0.15) is 35.8 Å². The van der Waals surface area contributed by atoms with Crippen molar-refractivity contribution < 1.29 is 9.90 Å². The van der Waals surface area contributed by atoms with E-state index in [9.17, 15) is 4.79 Å². The number of aromatic nitrogens is 2. The lowest BCUT2D eigenvalue weighted by atomic mass is 10.1. The van der Waals surface area contributed by atoms with Gasteiger partial charge < -0.3 is 5.11 Å². The molecule has 4 nitrogen and oxygen atoms in total. The summed E-state index contributed by atoms with van der Waals surface area (Å²) in [5, 5.41) is 13.9. The zero-order valence-electron chi connectivity index (χ0n) is 10.1. The zero-order chi connectivity index (χ0) is 13.3. The molecule has 0 spiro atoms. The molecule has 1 heterocycles. The van der Waals surface area contributed by atoms with E-state index in [0.29, 0.717) is 10.7 Å². The third kappa shape index (κ3) is 2.24. The van der Waals surface area contributed by atoms with Gasteiger partial charge in [-0.3, -0.25) is 0 Å². The van der Waals surface area contributed by atoms with Crippen molar-refractivity contribution in [2.75, 3.05) is 0 Å². The van der Waals surface area contributed by atoms with Crippen molar-refractivity contribution in [3.05, 3.63) is 46.7 Å². The van der Waals surface area contributed by atoms with Gasteiger partial charge in [-0.2, -0.15) is 5.10 Å². The van der Waals surface area contributed by atoms with Gasteiger partial charge in [-0.15, -0.1) is 0 Å². The highest BCUT2D eigenvalue weighted by Gasteiger charge is 2.19. The van der Waals surface area contributed by atoms with E-state index in [-0.39, 0.29) is 11.5 Å². The average Bonchev–Trinajstić information content (AvgIpc) is 2.74. The molecule has 1 N–H and O–H groups in total. The summed E-state index contributed by atoms with van der Waals surface area (Å²) in [5.74, 6) is -0.895. The minimum Gasteiger partial charge on any atom is -0.478 e. The minimum atomic E-state index is -0.959. The number of benzene rings is 1. The lowest BCUT2D eigenvalue weighted by molar-refractivity contribution is 0.0695. The number of aromatic carboxylic acids is 1. The van der Waals surface area contributed by atoms with Crippen molar-refractivity contribution in [3.63, 3.8) is 0 Å². The number of carboxylic acid groups (broad SMARTS) is 1. The van der Waals surface area contributed by atoms with Crippen LogP contribution in [0.5, 0.6) is 0 Å². The number of hydrogen-bond acceptors (Lipinski definition) is 2. The fraction of sp³-hybridized carbons (Fsp3) is 0.231. The SMILES string of the molecule is CC(C)c1c(C(=O)O)cnn1-c1ccc(Cl)cc1. The number of hydrogen-bond donors (Lipinski definition) is 1. The van der Waals surface area contributed by atoms with Crippen LogP contribution < -0.4 is 0 Å². The molecule has 0 atom stereocenters. The van der Waals surface area contributed by atoms with Gasteiger partial charge in [0.15, 0.2) is 0 Å². The Labute approximate surface area is 110 Å². The predicted molar refractivity (Wildman–Crippen MR) is 69.6 cm³/mol. The van der Waals surface area contributed by atoms with E-state index < -0.39 is 5.97 Å². The molecule has 0 amide bonds. The van der Waals surface area contributed by atoms with Crippen LogP contribution >= 0.6 is 11.6 Å². The second-order valence-corrected chi connectivity index (χ2v) is 4.73. The first-order valence-corrected chi connectivity index (χ1v) is 5.95. The summed E-state index contributed by atoms with van der Waals surface area (Å²) in [6, 6.07) is 7.13. The molecule has 0 bridgehead atoms. The normalized spacial score (nSPS) is 10.9. The molecule has 94 valence electrons. The smallest absolute Gasteiger partial charge is 0.339 e. The highest BCUT2D eigenvalue weighted by atomic mass is 35.5. The number of nitrogens with zero attached hydrogens (tertiary/aromatic N) is 2. The summed E-state index contributed by atoms with van der Waals surface area (Å²) in [5.41, 5.74) is 1.72. The summed E-state index contributed by atoms with van der Waals surface area (Å²) in [6.07, 6.45) is 1.38. The number of rotatable bonds is 3. The second kappa shape index (κ2) is 4.82. The molecule has 18 heavy (non-hydrogen) atoms. The van der Waals surface area contributed by atoms with E-state index >= 15 is 0 Å². The molecule has 5 heteroatoms. The number of carboxylic acids is 1. The lowest BCUT2D eigenvalue weighted by Crippen LogP contribution is -2.08. The summed E-state index contributed by atoms with van der Waals surface area (Å²) in [7, 11) is 0. The molecule has 0 radical (unpaired) electrons. The Morgan fingerprint density at radius 3 is 2.44 bits per heavy atom. The maximum absolute atomic E-state index is 11.2. The Kier molecular flexibility index (Phi) is 3.39. The van der Waals surface area contributed by atoms with Gasteiger partial charge in [0, 0.05) is 5.02 Å². The van der Waals surface area contributed by atoms with Gasteiger partial charge in [0.25, 0.3) is 0 Å².